The maximum Gasteiger partial charge on any atom is 0.408 e. The molecule has 0 bridgehead atoms. The summed E-state index contributed by atoms with van der Waals surface area (Å²) in [6, 6.07) is 4.27. The highest BCUT2D eigenvalue weighted by molar-refractivity contribution is 5.93. The molecule has 8 nitrogen and oxygen atoms in total. The minimum Gasteiger partial charge on any atom is -0.508 e. The standard InChI is InChI=1S/C25H39N3O5/c1-10-15-28(22(31)19(16(2)3)26-23(32)33-25(7,8)9)20(21(30)27-24(4,5)6)17-13-11-12-14-18(17)29/h10-14,16,19-20,29H,1,15H2,2-9H3,(H,26,32)(H,27,30). The maximum absolute atomic E-state index is 13.7. The molecular weight excluding hydrogens is 422 g/mol. The number of para-hydroxylation sites is 1. The van der Waals surface area contributed by atoms with Crippen molar-refractivity contribution in [3.05, 3.63) is 42.5 Å². The van der Waals surface area contributed by atoms with E-state index >= 15 is 0 Å². The summed E-state index contributed by atoms with van der Waals surface area (Å²) in [5.74, 6) is -1.37. The summed E-state index contributed by atoms with van der Waals surface area (Å²) in [5.41, 5.74) is -1.04. The number of hydrogen-bond acceptors (Lipinski definition) is 5. The van der Waals surface area contributed by atoms with E-state index in [0.717, 1.165) is 0 Å². The minimum atomic E-state index is -1.14. The summed E-state index contributed by atoms with van der Waals surface area (Å²) in [4.78, 5) is 40.8. The molecule has 3 N–H and O–H groups in total. The summed E-state index contributed by atoms with van der Waals surface area (Å²) in [6.45, 7) is 18.0. The average Bonchev–Trinajstić information content (AvgIpc) is 2.63. The molecule has 0 heterocycles. The average molecular weight is 462 g/mol. The van der Waals surface area contributed by atoms with Crippen LogP contribution in [-0.2, 0) is 14.3 Å². The monoisotopic (exact) mass is 461 g/mol. The molecule has 2 atom stereocenters. The largest absolute Gasteiger partial charge is 0.508 e. The van der Waals surface area contributed by atoms with Gasteiger partial charge in [-0.15, -0.1) is 6.58 Å². The van der Waals surface area contributed by atoms with E-state index in [1.54, 1.807) is 52.8 Å². The molecule has 0 fully saturated rings. The number of phenols is 1. The van der Waals surface area contributed by atoms with Gasteiger partial charge in [0.15, 0.2) is 0 Å². The van der Waals surface area contributed by atoms with Gasteiger partial charge in [-0.1, -0.05) is 38.1 Å². The first kappa shape index (κ1) is 28.0. The van der Waals surface area contributed by atoms with Gasteiger partial charge in [0.25, 0.3) is 0 Å². The predicted octanol–water partition coefficient (Wildman–Crippen LogP) is 3.91. The maximum atomic E-state index is 13.7. The van der Waals surface area contributed by atoms with Crippen molar-refractivity contribution in [2.75, 3.05) is 6.54 Å². The van der Waals surface area contributed by atoms with Gasteiger partial charge in [0.2, 0.25) is 11.8 Å². The molecule has 0 aliphatic rings. The van der Waals surface area contributed by atoms with Crippen molar-refractivity contribution >= 4 is 17.9 Å². The van der Waals surface area contributed by atoms with E-state index in [4.69, 9.17) is 4.74 Å². The van der Waals surface area contributed by atoms with Crippen LogP contribution in [0, 0.1) is 5.92 Å². The van der Waals surface area contributed by atoms with Gasteiger partial charge < -0.3 is 25.4 Å². The zero-order valence-corrected chi connectivity index (χ0v) is 21.1. The van der Waals surface area contributed by atoms with Gasteiger partial charge in [-0.2, -0.15) is 0 Å². The van der Waals surface area contributed by atoms with Crippen LogP contribution in [0.3, 0.4) is 0 Å². The van der Waals surface area contributed by atoms with Gasteiger partial charge in [-0.25, -0.2) is 4.79 Å². The van der Waals surface area contributed by atoms with Crippen molar-refractivity contribution in [2.24, 2.45) is 5.92 Å². The van der Waals surface area contributed by atoms with Crippen LogP contribution in [0.1, 0.15) is 67.0 Å². The number of nitrogens with one attached hydrogen (secondary N) is 2. The Morgan fingerprint density at radius 3 is 2.15 bits per heavy atom. The van der Waals surface area contributed by atoms with Crippen LogP contribution in [0.2, 0.25) is 0 Å². The summed E-state index contributed by atoms with van der Waals surface area (Å²) < 4.78 is 5.33. The highest BCUT2D eigenvalue weighted by Gasteiger charge is 2.38. The molecule has 0 aliphatic heterocycles. The van der Waals surface area contributed by atoms with E-state index < -0.39 is 41.1 Å². The number of aromatic hydroxyl groups is 1. The molecule has 1 aromatic rings. The second-order valence-electron chi connectivity index (χ2n) is 10.3. The van der Waals surface area contributed by atoms with Crippen LogP contribution in [0.4, 0.5) is 4.79 Å². The van der Waals surface area contributed by atoms with Gasteiger partial charge >= 0.3 is 6.09 Å². The molecule has 33 heavy (non-hydrogen) atoms. The number of rotatable bonds is 8. The molecule has 0 saturated carbocycles. The molecule has 3 amide bonds. The van der Waals surface area contributed by atoms with Crippen molar-refractivity contribution in [1.82, 2.24) is 15.5 Å². The van der Waals surface area contributed by atoms with Crippen LogP contribution in [-0.4, -0.2) is 51.6 Å². The van der Waals surface area contributed by atoms with Gasteiger partial charge in [0, 0.05) is 17.6 Å². The highest BCUT2D eigenvalue weighted by Crippen LogP contribution is 2.30. The Kier molecular flexibility index (Phi) is 9.51. The number of alkyl carbamates (subject to hydrolysis) is 1. The van der Waals surface area contributed by atoms with Crippen molar-refractivity contribution < 1.29 is 24.2 Å². The zero-order chi connectivity index (χ0) is 25.6. The van der Waals surface area contributed by atoms with E-state index in [-0.39, 0.29) is 23.8 Å². The third kappa shape index (κ3) is 8.79. The molecule has 0 radical (unpaired) electrons. The van der Waals surface area contributed by atoms with Crippen LogP contribution in [0.5, 0.6) is 5.75 Å². The molecule has 0 aliphatic carbocycles. The van der Waals surface area contributed by atoms with Crippen molar-refractivity contribution in [2.45, 2.75) is 78.6 Å². The van der Waals surface area contributed by atoms with E-state index in [2.05, 4.69) is 17.2 Å². The van der Waals surface area contributed by atoms with Gasteiger partial charge in [0.1, 0.15) is 23.4 Å². The summed E-state index contributed by atoms with van der Waals surface area (Å²) >= 11 is 0. The lowest BCUT2D eigenvalue weighted by Gasteiger charge is -2.36. The molecule has 0 aromatic heterocycles. The number of amides is 3. The van der Waals surface area contributed by atoms with Crippen molar-refractivity contribution in [1.29, 1.82) is 0 Å². The first-order valence-corrected chi connectivity index (χ1v) is 11.1. The Bertz CT molecular complexity index is 852. The highest BCUT2D eigenvalue weighted by atomic mass is 16.6. The van der Waals surface area contributed by atoms with Crippen molar-refractivity contribution in [3.63, 3.8) is 0 Å². The fraction of sp³-hybridized carbons (Fsp3) is 0.560. The molecule has 1 aromatic carbocycles. The molecular formula is C25H39N3O5. The van der Waals surface area contributed by atoms with Crippen LogP contribution >= 0.6 is 0 Å². The van der Waals surface area contributed by atoms with E-state index in [1.807, 2.05) is 20.8 Å². The second kappa shape index (κ2) is 11.2. The summed E-state index contributed by atoms with van der Waals surface area (Å²) in [6.07, 6.45) is 0.770. The number of phenolic OH excluding ortho intramolecular Hbond substituents is 1. The Morgan fingerprint density at radius 1 is 1.12 bits per heavy atom. The van der Waals surface area contributed by atoms with E-state index in [1.165, 1.54) is 17.0 Å². The fourth-order valence-electron chi connectivity index (χ4n) is 3.20. The summed E-state index contributed by atoms with van der Waals surface area (Å²) in [5, 5.41) is 16.0. The van der Waals surface area contributed by atoms with Gasteiger partial charge in [-0.3, -0.25) is 9.59 Å². The molecule has 184 valence electrons. The smallest absolute Gasteiger partial charge is 0.408 e. The number of ether oxygens (including phenoxy) is 1. The lowest BCUT2D eigenvalue weighted by molar-refractivity contribution is -0.143. The normalized spacial score (nSPS) is 13.6. The molecule has 0 spiro atoms. The van der Waals surface area contributed by atoms with E-state index in [0.29, 0.717) is 0 Å². The van der Waals surface area contributed by atoms with Gasteiger partial charge in [-0.05, 0) is 53.5 Å². The first-order valence-electron chi connectivity index (χ1n) is 11.1. The number of carbonyl (C=O) groups is 3. The number of benzene rings is 1. The Hall–Kier alpha value is -3.03. The zero-order valence-electron chi connectivity index (χ0n) is 21.1. The lowest BCUT2D eigenvalue weighted by Crippen LogP contribution is -2.56. The topological polar surface area (TPSA) is 108 Å². The van der Waals surface area contributed by atoms with Crippen molar-refractivity contribution in [3.8, 4) is 5.75 Å². The minimum absolute atomic E-state index is 0.0224. The Labute approximate surface area is 197 Å². The number of nitrogens with zero attached hydrogens (tertiary/aromatic N) is 1. The predicted molar refractivity (Wildman–Crippen MR) is 129 cm³/mol. The quantitative estimate of drug-likeness (QED) is 0.509. The molecule has 1 rings (SSSR count). The summed E-state index contributed by atoms with van der Waals surface area (Å²) in [7, 11) is 0. The molecule has 8 heteroatoms. The molecule has 0 saturated heterocycles. The first-order chi connectivity index (χ1) is 15.1. The van der Waals surface area contributed by atoms with Crippen LogP contribution in [0.15, 0.2) is 36.9 Å². The Morgan fingerprint density at radius 2 is 1.70 bits per heavy atom. The van der Waals surface area contributed by atoms with Crippen LogP contribution in [0.25, 0.3) is 0 Å². The third-order valence-corrected chi connectivity index (χ3v) is 4.50. The number of hydrogen-bond donors (Lipinski definition) is 3. The third-order valence-electron chi connectivity index (χ3n) is 4.50. The molecule has 2 unspecified atom stereocenters. The second-order valence-corrected chi connectivity index (χ2v) is 10.3. The van der Waals surface area contributed by atoms with E-state index in [9.17, 15) is 19.5 Å². The lowest BCUT2D eigenvalue weighted by atomic mass is 9.97. The fourth-order valence-corrected chi connectivity index (χ4v) is 3.20. The SMILES string of the molecule is C=CCN(C(=O)C(NC(=O)OC(C)(C)C)C(C)C)C(C(=O)NC(C)(C)C)c1ccccc1O. The van der Waals surface area contributed by atoms with Gasteiger partial charge in [0.05, 0.1) is 0 Å². The van der Waals surface area contributed by atoms with Crippen LogP contribution < -0.4 is 10.6 Å². The number of carbonyl (C=O) groups excluding carboxylic acids is 3. The Balaban J connectivity index is 3.47.